The van der Waals surface area contributed by atoms with Crippen LogP contribution in [0.25, 0.3) is 0 Å². The molecule has 1 saturated heterocycles. The third-order valence-corrected chi connectivity index (χ3v) is 5.80. The molecule has 26 heavy (non-hydrogen) atoms. The molecule has 1 unspecified atom stereocenters. The lowest BCUT2D eigenvalue weighted by Gasteiger charge is -2.33. The molecule has 1 aliphatic rings. The highest BCUT2D eigenvalue weighted by atomic mass is 32.1. The van der Waals surface area contributed by atoms with Gasteiger partial charge in [-0.2, -0.15) is 0 Å². The molecule has 4 nitrogen and oxygen atoms in total. The van der Waals surface area contributed by atoms with Crippen LogP contribution < -0.4 is 4.90 Å². The minimum absolute atomic E-state index is 0.427. The average Bonchev–Trinajstić information content (AvgIpc) is 3.38. The first kappa shape index (κ1) is 19.3. The van der Waals surface area contributed by atoms with Crippen LogP contribution in [0.4, 0.5) is 5.82 Å². The van der Waals surface area contributed by atoms with Crippen molar-refractivity contribution in [2.24, 2.45) is 0 Å². The summed E-state index contributed by atoms with van der Waals surface area (Å²) < 4.78 is 6.03. The molecule has 0 aromatic carbocycles. The normalized spacial score (nSPS) is 16.0. The van der Waals surface area contributed by atoms with Crippen molar-refractivity contribution in [1.29, 1.82) is 0 Å². The molecule has 0 bridgehead atoms. The van der Waals surface area contributed by atoms with Gasteiger partial charge in [-0.15, -0.1) is 11.3 Å². The van der Waals surface area contributed by atoms with Gasteiger partial charge >= 0.3 is 0 Å². The summed E-state index contributed by atoms with van der Waals surface area (Å²) in [5.41, 5.74) is 0. The van der Waals surface area contributed by atoms with Gasteiger partial charge < -0.3 is 9.64 Å². The maximum atomic E-state index is 6.03. The molecule has 1 aliphatic heterocycles. The Hall–Kier alpha value is -1.43. The number of ether oxygens (including phenoxy) is 1. The minimum Gasteiger partial charge on any atom is -0.380 e. The lowest BCUT2D eigenvalue weighted by Crippen LogP contribution is -2.45. The molecule has 5 heteroatoms. The summed E-state index contributed by atoms with van der Waals surface area (Å²) in [5, 5.41) is 2.15. The fourth-order valence-electron chi connectivity index (χ4n) is 3.47. The van der Waals surface area contributed by atoms with E-state index >= 15 is 0 Å². The van der Waals surface area contributed by atoms with E-state index in [1.54, 1.807) is 0 Å². The molecule has 0 saturated carbocycles. The molecule has 3 rings (SSSR count). The number of thiophene rings is 1. The molecule has 2 aromatic heterocycles. The van der Waals surface area contributed by atoms with Gasteiger partial charge in [0.15, 0.2) is 0 Å². The third-order valence-electron chi connectivity index (χ3n) is 4.94. The third kappa shape index (κ3) is 5.79. The molecule has 3 heterocycles. The van der Waals surface area contributed by atoms with Crippen molar-refractivity contribution >= 4 is 17.2 Å². The summed E-state index contributed by atoms with van der Waals surface area (Å²) in [5.74, 6) is 1.05. The number of rotatable bonds is 11. The van der Waals surface area contributed by atoms with Crippen LogP contribution >= 0.6 is 11.3 Å². The number of hydrogen-bond donors (Lipinski definition) is 0. The predicted molar refractivity (Wildman–Crippen MR) is 110 cm³/mol. The van der Waals surface area contributed by atoms with Crippen LogP contribution in [0.15, 0.2) is 41.9 Å². The molecule has 1 atom stereocenters. The van der Waals surface area contributed by atoms with Gasteiger partial charge in [0, 0.05) is 24.2 Å². The first-order valence-corrected chi connectivity index (χ1v) is 10.7. The molecule has 142 valence electrons. The fraction of sp³-hybridized carbons (Fsp3) is 0.571. The second-order valence-corrected chi connectivity index (χ2v) is 8.01. The van der Waals surface area contributed by atoms with Crippen molar-refractivity contribution in [1.82, 2.24) is 9.88 Å². The predicted octanol–water partition coefficient (Wildman–Crippen LogP) is 4.43. The van der Waals surface area contributed by atoms with E-state index in [9.17, 15) is 0 Å². The number of hydrogen-bond acceptors (Lipinski definition) is 5. The first-order valence-electron chi connectivity index (χ1n) is 9.87. The highest BCUT2D eigenvalue weighted by molar-refractivity contribution is 7.09. The van der Waals surface area contributed by atoms with Gasteiger partial charge in [-0.1, -0.05) is 25.5 Å². The van der Waals surface area contributed by atoms with Crippen LogP contribution in [0.3, 0.4) is 0 Å². The van der Waals surface area contributed by atoms with Gasteiger partial charge in [0.2, 0.25) is 0 Å². The van der Waals surface area contributed by atoms with E-state index in [0.29, 0.717) is 6.04 Å². The summed E-state index contributed by atoms with van der Waals surface area (Å²) in [6, 6.07) is 10.9. The Morgan fingerprint density at radius 2 is 2.12 bits per heavy atom. The summed E-state index contributed by atoms with van der Waals surface area (Å²) in [6.45, 7) is 8.15. The Balaban J connectivity index is 1.69. The van der Waals surface area contributed by atoms with Gasteiger partial charge in [0.1, 0.15) is 5.82 Å². The van der Waals surface area contributed by atoms with E-state index in [1.165, 1.54) is 37.2 Å². The monoisotopic (exact) mass is 373 g/mol. The SMILES string of the molecule is CCCCOCC(CN(Cc1cccs1)c1ccccn1)N1CCCC1. The van der Waals surface area contributed by atoms with Crippen molar-refractivity contribution in [2.75, 3.05) is 37.7 Å². The van der Waals surface area contributed by atoms with Gasteiger partial charge in [0.25, 0.3) is 0 Å². The van der Waals surface area contributed by atoms with Crippen LogP contribution in [0.1, 0.15) is 37.5 Å². The average molecular weight is 374 g/mol. The number of anilines is 1. The summed E-state index contributed by atoms with van der Waals surface area (Å²) in [7, 11) is 0. The highest BCUT2D eigenvalue weighted by Crippen LogP contribution is 2.20. The molecule has 0 spiro atoms. The number of aromatic nitrogens is 1. The van der Waals surface area contributed by atoms with E-state index < -0.39 is 0 Å². The lowest BCUT2D eigenvalue weighted by atomic mass is 10.2. The van der Waals surface area contributed by atoms with Crippen LogP contribution in [0.5, 0.6) is 0 Å². The summed E-state index contributed by atoms with van der Waals surface area (Å²) in [6.07, 6.45) is 6.83. The maximum Gasteiger partial charge on any atom is 0.128 e. The quantitative estimate of drug-likeness (QED) is 0.545. The van der Waals surface area contributed by atoms with Crippen molar-refractivity contribution in [2.45, 2.75) is 45.2 Å². The van der Waals surface area contributed by atoms with E-state index in [-0.39, 0.29) is 0 Å². The minimum atomic E-state index is 0.427. The van der Waals surface area contributed by atoms with Crippen LogP contribution in [-0.2, 0) is 11.3 Å². The Kier molecular flexibility index (Phi) is 7.92. The number of likely N-dealkylation sites (tertiary alicyclic amines) is 1. The number of unbranched alkanes of at least 4 members (excludes halogenated alkanes) is 1. The summed E-state index contributed by atoms with van der Waals surface area (Å²) >= 11 is 1.82. The molecular formula is C21H31N3OS. The van der Waals surface area contributed by atoms with Gasteiger partial charge in [-0.05, 0) is 55.9 Å². The van der Waals surface area contributed by atoms with E-state index in [4.69, 9.17) is 4.74 Å². The molecule has 2 aromatic rings. The Labute approximate surface area is 161 Å². The lowest BCUT2D eigenvalue weighted by molar-refractivity contribution is 0.0697. The topological polar surface area (TPSA) is 28.6 Å². The Morgan fingerprint density at radius 1 is 1.23 bits per heavy atom. The number of nitrogens with zero attached hydrogens (tertiary/aromatic N) is 3. The molecule has 1 fully saturated rings. The number of pyridine rings is 1. The molecule has 0 N–H and O–H groups in total. The molecule has 0 amide bonds. The largest absolute Gasteiger partial charge is 0.380 e. The van der Waals surface area contributed by atoms with E-state index in [2.05, 4.69) is 51.4 Å². The van der Waals surface area contributed by atoms with Crippen LogP contribution in [-0.4, -0.2) is 48.8 Å². The Morgan fingerprint density at radius 3 is 2.81 bits per heavy atom. The van der Waals surface area contributed by atoms with Crippen molar-refractivity contribution < 1.29 is 4.74 Å². The van der Waals surface area contributed by atoms with Crippen LogP contribution in [0, 0.1) is 0 Å². The van der Waals surface area contributed by atoms with Crippen molar-refractivity contribution in [3.8, 4) is 0 Å². The fourth-order valence-corrected chi connectivity index (χ4v) is 4.19. The summed E-state index contributed by atoms with van der Waals surface area (Å²) in [4.78, 5) is 11.0. The van der Waals surface area contributed by atoms with E-state index in [1.807, 2.05) is 23.6 Å². The zero-order chi connectivity index (χ0) is 18.0. The van der Waals surface area contributed by atoms with Gasteiger partial charge in [-0.3, -0.25) is 4.90 Å². The van der Waals surface area contributed by atoms with Crippen LogP contribution in [0.2, 0.25) is 0 Å². The smallest absolute Gasteiger partial charge is 0.128 e. The maximum absolute atomic E-state index is 6.03. The standard InChI is InChI=1S/C21H31N3OS/c1-2-3-14-25-18-19(23-12-6-7-13-23)16-24(17-20-9-8-15-26-20)21-10-4-5-11-22-21/h4-5,8-11,15,19H,2-3,6-7,12-14,16-18H2,1H3. The molecule has 0 radical (unpaired) electrons. The molecular weight excluding hydrogens is 342 g/mol. The zero-order valence-corrected chi connectivity index (χ0v) is 16.7. The van der Waals surface area contributed by atoms with Gasteiger partial charge in [0.05, 0.1) is 19.2 Å². The Bertz CT molecular complexity index is 599. The zero-order valence-electron chi connectivity index (χ0n) is 15.8. The second kappa shape index (κ2) is 10.7. The first-order chi connectivity index (χ1) is 12.9. The molecule has 0 aliphatic carbocycles. The second-order valence-electron chi connectivity index (χ2n) is 6.97. The van der Waals surface area contributed by atoms with Crippen molar-refractivity contribution in [3.63, 3.8) is 0 Å². The highest BCUT2D eigenvalue weighted by Gasteiger charge is 2.25. The van der Waals surface area contributed by atoms with Crippen molar-refractivity contribution in [3.05, 3.63) is 46.8 Å². The van der Waals surface area contributed by atoms with Gasteiger partial charge in [-0.25, -0.2) is 4.98 Å². The van der Waals surface area contributed by atoms with E-state index in [0.717, 1.165) is 38.5 Å².